The number of thiophene rings is 1. The molecular weight excluding hydrogens is 773 g/mol. The van der Waals surface area contributed by atoms with Crippen LogP contribution in [0.3, 0.4) is 0 Å². The number of fused-ring (bicyclic) bond motifs is 10. The van der Waals surface area contributed by atoms with E-state index in [9.17, 15) is 25.2 Å². The van der Waals surface area contributed by atoms with Crippen LogP contribution in [-0.4, -0.2) is 34.9 Å². The van der Waals surface area contributed by atoms with Gasteiger partial charge < -0.3 is 0 Å². The Morgan fingerprint density at radius 2 is 1.00 bits per heavy atom. The fourth-order valence-electron chi connectivity index (χ4n) is 5.15. The third-order valence-electron chi connectivity index (χ3n) is 7.02. The van der Waals surface area contributed by atoms with Gasteiger partial charge in [-0.1, -0.05) is 30.3 Å². The minimum Gasteiger partial charge on any atom is -0.254 e. The van der Waals surface area contributed by atoms with Gasteiger partial charge in [-0.25, -0.2) is 15.0 Å². The van der Waals surface area contributed by atoms with Crippen LogP contribution in [0.25, 0.3) is 76.2 Å². The van der Waals surface area contributed by atoms with E-state index in [0.717, 1.165) is 65.7 Å². The number of benzene rings is 2. The van der Waals surface area contributed by atoms with Gasteiger partial charge in [-0.05, 0) is 53.9 Å². The smallest absolute Gasteiger partial charge is 0.254 e. The third-order valence-corrected chi connectivity index (χ3v) is 7.94. The van der Waals surface area contributed by atoms with E-state index in [2.05, 4.69) is 66.7 Å². The summed E-state index contributed by atoms with van der Waals surface area (Å²) in [6, 6.07) is 26.2. The van der Waals surface area contributed by atoms with Crippen molar-refractivity contribution >= 4 is 85.0 Å². The van der Waals surface area contributed by atoms with Crippen LogP contribution in [0, 0.1) is 0 Å². The standard InChI is InChI=1S/C21H11N5S.C12H8N2.F6P.Ru/c1-4-13-17(22-7-1)18-14(5-2-8-23-18)20-19(13)25-15-10-12(11-24-21(15)26-20)16-6-3-9-27-16;1-3-9-5-6-10-4-2-8-14-12(10)11(9)13-7-1;1-7(2,3,4,5)6;/h1-11H;1-8H;;/q;;-1;+2. The number of hydrogen-bond acceptors (Lipinski definition) is 8. The Kier molecular flexibility index (Phi) is 8.51. The molecule has 49 heavy (non-hydrogen) atoms. The first-order valence-corrected chi connectivity index (χ1v) is 17.0. The molecule has 0 aliphatic heterocycles. The first-order valence-electron chi connectivity index (χ1n) is 14.1. The van der Waals surface area contributed by atoms with E-state index in [0.29, 0.717) is 5.65 Å². The maximum absolute atomic E-state index is 10.7. The quantitative estimate of drug-likeness (QED) is 0.0537. The Hall–Kier alpha value is -4.84. The van der Waals surface area contributed by atoms with Gasteiger partial charge in [0, 0.05) is 63.0 Å². The summed E-state index contributed by atoms with van der Waals surface area (Å²) in [5.74, 6) is 0. The van der Waals surface area contributed by atoms with E-state index in [4.69, 9.17) is 9.97 Å². The van der Waals surface area contributed by atoms with Crippen LogP contribution in [0.1, 0.15) is 0 Å². The van der Waals surface area contributed by atoms with Gasteiger partial charge in [0.25, 0.3) is 0 Å². The molecule has 0 fully saturated rings. The fraction of sp³-hybridized carbons (Fsp3) is 0. The van der Waals surface area contributed by atoms with E-state index in [1.165, 1.54) is 4.88 Å². The van der Waals surface area contributed by atoms with Crippen LogP contribution in [-0.2, 0) is 19.5 Å². The van der Waals surface area contributed by atoms with Gasteiger partial charge in [0.15, 0.2) is 5.65 Å². The largest absolute Gasteiger partial charge is 2.00 e. The van der Waals surface area contributed by atoms with E-state index in [1.54, 1.807) is 36.1 Å². The van der Waals surface area contributed by atoms with Crippen LogP contribution in [0.4, 0.5) is 25.2 Å². The molecule has 0 atom stereocenters. The number of hydrogen-bond donors (Lipinski definition) is 0. The molecule has 0 bridgehead atoms. The molecule has 246 valence electrons. The number of pyridine rings is 5. The third kappa shape index (κ3) is 7.91. The van der Waals surface area contributed by atoms with Crippen LogP contribution in [0.2, 0.25) is 0 Å². The molecule has 7 aromatic heterocycles. The molecule has 9 rings (SSSR count). The summed E-state index contributed by atoms with van der Waals surface area (Å²) in [5.41, 5.74) is 7.74. The Bertz CT molecular complexity index is 2580. The second-order valence-corrected chi connectivity index (χ2v) is 13.3. The topological polar surface area (TPSA) is 90.2 Å². The summed E-state index contributed by atoms with van der Waals surface area (Å²) in [5, 5.41) is 6.23. The van der Waals surface area contributed by atoms with Gasteiger partial charge in [-0.2, -0.15) is 0 Å². The fourth-order valence-corrected chi connectivity index (χ4v) is 5.86. The van der Waals surface area contributed by atoms with Crippen LogP contribution in [0.15, 0.2) is 115 Å². The normalized spacial score (nSPS) is 12.9. The average molecular weight is 792 g/mol. The van der Waals surface area contributed by atoms with Crippen molar-refractivity contribution in [3.05, 3.63) is 115 Å². The molecule has 0 saturated heterocycles. The Morgan fingerprint density at radius 1 is 0.510 bits per heavy atom. The molecule has 7 heterocycles. The van der Waals surface area contributed by atoms with Gasteiger partial charge in [-0.15, -0.1) is 11.3 Å². The first-order chi connectivity index (χ1) is 22.8. The molecule has 0 aliphatic carbocycles. The molecule has 0 aliphatic rings. The van der Waals surface area contributed by atoms with Crippen LogP contribution >= 0.6 is 19.1 Å². The minimum absolute atomic E-state index is 0. The van der Waals surface area contributed by atoms with E-state index in [-0.39, 0.29) is 19.5 Å². The summed E-state index contributed by atoms with van der Waals surface area (Å²) in [7, 11) is -10.7. The molecule has 0 N–H and O–H groups in total. The summed E-state index contributed by atoms with van der Waals surface area (Å²) in [6.45, 7) is 0. The summed E-state index contributed by atoms with van der Waals surface area (Å²) < 4.78 is 59.2. The Morgan fingerprint density at radius 3 is 1.51 bits per heavy atom. The number of nitrogens with zero attached hydrogens (tertiary/aromatic N) is 7. The molecule has 0 saturated carbocycles. The predicted octanol–water partition coefficient (Wildman–Crippen LogP) is 11.2. The summed E-state index contributed by atoms with van der Waals surface area (Å²) in [6.07, 6.45) is 9.03. The monoisotopic (exact) mass is 792 g/mol. The minimum atomic E-state index is -10.7. The van der Waals surface area contributed by atoms with Crippen molar-refractivity contribution in [1.82, 2.24) is 34.9 Å². The Balaban J connectivity index is 0.000000158. The molecule has 9 aromatic rings. The first kappa shape index (κ1) is 34.0. The zero-order valence-electron chi connectivity index (χ0n) is 24.6. The van der Waals surface area contributed by atoms with Crippen LogP contribution in [0.5, 0.6) is 0 Å². The van der Waals surface area contributed by atoms with Crippen molar-refractivity contribution in [1.29, 1.82) is 0 Å². The van der Waals surface area contributed by atoms with Gasteiger partial charge in [0.1, 0.15) is 11.0 Å². The second-order valence-electron chi connectivity index (χ2n) is 10.4. The van der Waals surface area contributed by atoms with Gasteiger partial charge in [0.2, 0.25) is 0 Å². The summed E-state index contributed by atoms with van der Waals surface area (Å²) >= 11 is 1.69. The maximum Gasteiger partial charge on any atom is 2.00 e. The van der Waals surface area contributed by atoms with Gasteiger partial charge >= 0.3 is 52.5 Å². The predicted molar refractivity (Wildman–Crippen MR) is 179 cm³/mol. The van der Waals surface area contributed by atoms with E-state index in [1.807, 2.05) is 48.7 Å². The second kappa shape index (κ2) is 12.2. The van der Waals surface area contributed by atoms with E-state index < -0.39 is 7.81 Å². The van der Waals surface area contributed by atoms with Crippen molar-refractivity contribution in [2.75, 3.05) is 0 Å². The molecule has 16 heteroatoms. The van der Waals surface area contributed by atoms with Crippen molar-refractivity contribution in [2.45, 2.75) is 0 Å². The van der Waals surface area contributed by atoms with Crippen molar-refractivity contribution in [3.63, 3.8) is 0 Å². The summed E-state index contributed by atoms with van der Waals surface area (Å²) in [4.78, 5) is 33.3. The number of aromatic nitrogens is 7. The van der Waals surface area contributed by atoms with Crippen LogP contribution < -0.4 is 0 Å². The van der Waals surface area contributed by atoms with Gasteiger partial charge in [-0.3, -0.25) is 19.9 Å². The van der Waals surface area contributed by atoms with Crippen molar-refractivity contribution < 1.29 is 44.7 Å². The zero-order chi connectivity index (χ0) is 33.6. The molecular formula is C33H19F6N7PRuS+. The zero-order valence-corrected chi connectivity index (χ0v) is 28.0. The van der Waals surface area contributed by atoms with Crippen molar-refractivity contribution in [2.24, 2.45) is 0 Å². The SMILES string of the molecule is F[P-](F)(F)(F)(F)F.[Ru+2].c1cnc2c(c1)ccc1cccnc12.c1csc(-c2cnc3nc4c5cccnc5c5ncccc5c4nc3c2)c1. The number of rotatable bonds is 1. The molecule has 0 unspecified atom stereocenters. The average Bonchev–Trinajstić information content (AvgIpc) is 3.62. The molecule has 7 nitrogen and oxygen atoms in total. The molecule has 0 spiro atoms. The molecule has 0 radical (unpaired) electrons. The van der Waals surface area contributed by atoms with Gasteiger partial charge in [0.05, 0.1) is 27.6 Å². The van der Waals surface area contributed by atoms with Crippen molar-refractivity contribution in [3.8, 4) is 10.4 Å². The maximum atomic E-state index is 9.87. The number of halogens is 6. The van der Waals surface area contributed by atoms with E-state index >= 15 is 0 Å². The molecule has 0 amide bonds. The Labute approximate surface area is 289 Å². The molecule has 2 aromatic carbocycles.